The third-order valence-electron chi connectivity index (χ3n) is 9.65. The molecule has 29 heteroatoms. The fourth-order valence-corrected chi connectivity index (χ4v) is 6.81. The van der Waals surface area contributed by atoms with Crippen LogP contribution < -0.4 is 48.7 Å². The van der Waals surface area contributed by atoms with Crippen LogP contribution in [-0.4, -0.2) is 181 Å². The van der Waals surface area contributed by atoms with Gasteiger partial charge in [0.25, 0.3) is 0 Å². The topological polar surface area (TPSA) is 442 Å². The number of thiol groups is 1. The summed E-state index contributed by atoms with van der Waals surface area (Å²) < 4.78 is 0. The Morgan fingerprint density at radius 2 is 1.09 bits per heavy atom. The van der Waals surface area contributed by atoms with Crippen LogP contribution in [0, 0.1) is 5.92 Å². The largest absolute Gasteiger partial charge is 0.481 e. The summed E-state index contributed by atoms with van der Waals surface area (Å²) in [5.74, 6) is -16.4. The number of rotatable bonds is 29. The van der Waals surface area contributed by atoms with Gasteiger partial charge >= 0.3 is 23.9 Å². The van der Waals surface area contributed by atoms with Gasteiger partial charge in [-0.2, -0.15) is 24.4 Å². The second-order valence-corrected chi connectivity index (χ2v) is 16.7. The van der Waals surface area contributed by atoms with Crippen molar-refractivity contribution in [2.24, 2.45) is 17.4 Å². The molecule has 27 nitrogen and oxygen atoms in total. The molecule has 0 radical (unpaired) electrons. The Hall–Kier alpha value is -6.23. The summed E-state index contributed by atoms with van der Waals surface area (Å²) in [6, 6.07) is -14.2. The molecule has 370 valence electrons. The third-order valence-corrected chi connectivity index (χ3v) is 10.7. The highest BCUT2D eigenvalue weighted by atomic mass is 32.2. The van der Waals surface area contributed by atoms with Crippen molar-refractivity contribution < 1.29 is 82.8 Å². The molecule has 0 aromatic heterocycles. The van der Waals surface area contributed by atoms with Crippen molar-refractivity contribution in [2.75, 3.05) is 24.3 Å². The van der Waals surface area contributed by atoms with Crippen LogP contribution in [0.5, 0.6) is 0 Å². The molecule has 1 saturated heterocycles. The zero-order valence-corrected chi connectivity index (χ0v) is 38.1. The number of aliphatic carboxylic acids is 4. The lowest BCUT2D eigenvalue weighted by Gasteiger charge is -2.31. The number of carboxylic acids is 4. The summed E-state index contributed by atoms with van der Waals surface area (Å²) in [6.07, 6.45) is -1.74. The Balaban J connectivity index is 3.23. The molecule has 9 amide bonds. The van der Waals surface area contributed by atoms with Crippen molar-refractivity contribution in [3.8, 4) is 0 Å². The summed E-state index contributed by atoms with van der Waals surface area (Å²) in [4.78, 5) is 165. The first kappa shape index (κ1) is 57.8. The Labute approximate surface area is 387 Å². The van der Waals surface area contributed by atoms with Crippen molar-refractivity contribution in [3.05, 3.63) is 0 Å². The number of likely N-dealkylation sites (tertiary alicyclic amines) is 1. The number of carbonyl (C=O) groups excluding carboxylic acids is 9. The predicted molar refractivity (Wildman–Crippen MR) is 232 cm³/mol. The van der Waals surface area contributed by atoms with Gasteiger partial charge < -0.3 is 74.0 Å². The van der Waals surface area contributed by atoms with E-state index in [4.69, 9.17) is 11.5 Å². The standard InChI is InChI=1S/C37H58N10O17S2/c1-15(2)28(46-34(60)23-6-5-8-47(23)36(62)18(7-9-66-4)41-32(58)21(13-27(53)54)43-30(56)17(38)14-65)35(61)44-19(11-25(49)50)31(57)40-16(3)29(55)42-20(12-26(51)52)33(59)45-22(37(63)64)10-24(39)48/h15-23,28,65H,5-14,38H2,1-4H3,(H2,39,48)(H,40,57)(H,41,58)(H,42,55)(H,43,56)(H,44,61)(H,45,59)(H,46,60)(H,49,50)(H,51,52)(H,53,54)(H,63,64)/t16-,17-,18-,19-,20-,21-,22-,23-,28-/m0/s1. The first-order valence-corrected chi connectivity index (χ1v) is 22.2. The Bertz CT molecular complexity index is 1860. The van der Waals surface area contributed by atoms with E-state index in [1.54, 1.807) is 6.26 Å². The fourth-order valence-electron chi connectivity index (χ4n) is 6.18. The van der Waals surface area contributed by atoms with Gasteiger partial charge in [-0.05, 0) is 44.1 Å². The van der Waals surface area contributed by atoms with E-state index in [-0.39, 0.29) is 25.1 Å². The maximum absolute atomic E-state index is 14.0. The Morgan fingerprint density at radius 1 is 0.636 bits per heavy atom. The number of thioether (sulfide) groups is 1. The third kappa shape index (κ3) is 19.5. The van der Waals surface area contributed by atoms with Crippen LogP contribution in [0.2, 0.25) is 0 Å². The number of amides is 9. The summed E-state index contributed by atoms with van der Waals surface area (Å²) in [5.41, 5.74) is 10.6. The first-order valence-electron chi connectivity index (χ1n) is 20.2. The van der Waals surface area contributed by atoms with Crippen LogP contribution in [0.4, 0.5) is 0 Å². The number of nitrogens with one attached hydrogen (secondary N) is 7. The summed E-state index contributed by atoms with van der Waals surface area (Å²) in [6.45, 7) is 4.08. The monoisotopic (exact) mass is 978 g/mol. The predicted octanol–water partition coefficient (Wildman–Crippen LogP) is -5.56. The summed E-state index contributed by atoms with van der Waals surface area (Å²) in [7, 11) is 0. The molecule has 0 saturated carbocycles. The SMILES string of the molecule is CSCC[C@H](NC(=O)[C@H](CC(=O)O)NC(=O)[C@@H](N)CS)C(=O)N1CCC[C@H]1C(=O)N[C@H](C(=O)N[C@@H](CC(=O)O)C(=O)N[C@@H](C)C(=O)N[C@@H](CC(=O)O)C(=O)N[C@@H](CC(N)=O)C(=O)O)C(C)C. The van der Waals surface area contributed by atoms with Crippen molar-refractivity contribution in [1.82, 2.24) is 42.1 Å². The molecule has 1 aliphatic rings. The highest BCUT2D eigenvalue weighted by Crippen LogP contribution is 2.21. The van der Waals surface area contributed by atoms with E-state index in [1.165, 1.54) is 30.5 Å². The molecular formula is C37H58N10O17S2. The lowest BCUT2D eigenvalue weighted by atomic mass is 10.0. The summed E-state index contributed by atoms with van der Waals surface area (Å²) in [5, 5.41) is 53.0. The molecule has 1 heterocycles. The van der Waals surface area contributed by atoms with E-state index in [1.807, 2.05) is 10.6 Å². The highest BCUT2D eigenvalue weighted by molar-refractivity contribution is 7.98. The molecule has 9 atom stereocenters. The van der Waals surface area contributed by atoms with Crippen molar-refractivity contribution in [2.45, 2.75) is 120 Å². The highest BCUT2D eigenvalue weighted by Gasteiger charge is 2.41. The average molecular weight is 979 g/mol. The molecule has 0 aliphatic carbocycles. The molecule has 0 bridgehead atoms. The van der Waals surface area contributed by atoms with E-state index in [9.17, 15) is 82.8 Å². The minimum atomic E-state index is -1.95. The molecular weight excluding hydrogens is 921 g/mol. The van der Waals surface area contributed by atoms with Crippen LogP contribution in [-0.2, 0) is 62.3 Å². The van der Waals surface area contributed by atoms with E-state index in [2.05, 4.69) is 39.2 Å². The normalized spacial score (nSPS) is 16.9. The number of hydrogen-bond acceptors (Lipinski definition) is 16. The van der Waals surface area contributed by atoms with Crippen molar-refractivity contribution in [1.29, 1.82) is 0 Å². The maximum atomic E-state index is 14.0. The molecule has 66 heavy (non-hydrogen) atoms. The van der Waals surface area contributed by atoms with Gasteiger partial charge in [0.2, 0.25) is 53.2 Å². The second-order valence-electron chi connectivity index (χ2n) is 15.3. The number of primary amides is 1. The fraction of sp³-hybridized carbons (Fsp3) is 0.649. The van der Waals surface area contributed by atoms with Gasteiger partial charge in [-0.15, -0.1) is 0 Å². The molecule has 1 rings (SSSR count). The van der Waals surface area contributed by atoms with Crippen molar-refractivity contribution >= 4 is 101 Å². The van der Waals surface area contributed by atoms with Gasteiger partial charge in [0.1, 0.15) is 48.3 Å². The van der Waals surface area contributed by atoms with Crippen LogP contribution in [0.15, 0.2) is 0 Å². The average Bonchev–Trinajstić information content (AvgIpc) is 3.72. The Kier molecular flexibility index (Phi) is 24.5. The van der Waals surface area contributed by atoms with Gasteiger partial charge in [-0.3, -0.25) is 57.5 Å². The maximum Gasteiger partial charge on any atom is 0.326 e. The lowest BCUT2D eigenvalue weighted by molar-refractivity contribution is -0.145. The smallest absolute Gasteiger partial charge is 0.326 e. The zero-order valence-electron chi connectivity index (χ0n) is 36.4. The van der Waals surface area contributed by atoms with Gasteiger partial charge in [-0.25, -0.2) is 4.79 Å². The van der Waals surface area contributed by atoms with Crippen LogP contribution in [0.25, 0.3) is 0 Å². The van der Waals surface area contributed by atoms with Crippen LogP contribution in [0.3, 0.4) is 0 Å². The number of nitrogens with zero attached hydrogens (tertiary/aromatic N) is 1. The van der Waals surface area contributed by atoms with Crippen molar-refractivity contribution in [3.63, 3.8) is 0 Å². The van der Waals surface area contributed by atoms with Crippen LogP contribution >= 0.6 is 24.4 Å². The molecule has 1 fully saturated rings. The number of hydrogen-bond donors (Lipinski definition) is 14. The van der Waals surface area contributed by atoms with Gasteiger partial charge in [0.15, 0.2) is 0 Å². The first-order chi connectivity index (χ1) is 30.7. The van der Waals surface area contributed by atoms with E-state index >= 15 is 0 Å². The molecule has 0 aromatic rings. The van der Waals surface area contributed by atoms with Crippen LogP contribution in [0.1, 0.15) is 65.7 Å². The quantitative estimate of drug-likeness (QED) is 0.0311. The molecule has 1 aliphatic heterocycles. The zero-order chi connectivity index (χ0) is 50.6. The molecule has 0 spiro atoms. The Morgan fingerprint density at radius 3 is 1.53 bits per heavy atom. The molecule has 0 aromatic carbocycles. The van der Waals surface area contributed by atoms with Gasteiger partial charge in [0, 0.05) is 12.3 Å². The van der Waals surface area contributed by atoms with E-state index in [0.717, 1.165) is 6.92 Å². The minimum Gasteiger partial charge on any atom is -0.481 e. The van der Waals surface area contributed by atoms with Gasteiger partial charge in [-0.1, -0.05) is 13.8 Å². The summed E-state index contributed by atoms with van der Waals surface area (Å²) >= 11 is 5.24. The number of carboxylic acid groups (broad SMARTS) is 4. The van der Waals surface area contributed by atoms with E-state index in [0.29, 0.717) is 12.2 Å². The number of carbonyl (C=O) groups is 13. The number of nitrogens with two attached hydrogens (primary N) is 2. The van der Waals surface area contributed by atoms with Gasteiger partial charge in [0.05, 0.1) is 31.7 Å². The molecule has 0 unspecified atom stereocenters. The minimum absolute atomic E-state index is 0.0225. The second kappa shape index (κ2) is 28.0. The van der Waals surface area contributed by atoms with E-state index < -0.39 is 163 Å². The molecule has 15 N–H and O–H groups in total. The lowest BCUT2D eigenvalue weighted by Crippen LogP contribution is -2.61.